The molecule has 32 heavy (non-hydrogen) atoms. The molecule has 0 radical (unpaired) electrons. The summed E-state index contributed by atoms with van der Waals surface area (Å²) in [4.78, 5) is 22.2. The zero-order chi connectivity index (χ0) is 23.5. The highest BCUT2D eigenvalue weighted by atomic mass is 127. The number of alkyl halides is 3. The standard InChI is InChI=1S/C21H16Cl2F3IN2O3/c1-2-31-28-6-5-19(30)16-4-3-12(7-17(16)27)18-11-20(32-29-18,21(24,25)26)13-8-14(22)10-15(23)9-13/h3-4,6-10H,2,5,11H2,1H3. The van der Waals surface area contributed by atoms with Gasteiger partial charge in [0.2, 0.25) is 0 Å². The second-order valence-electron chi connectivity index (χ2n) is 6.82. The van der Waals surface area contributed by atoms with Crippen LogP contribution in [-0.4, -0.2) is 30.5 Å². The van der Waals surface area contributed by atoms with Crippen LogP contribution in [0.2, 0.25) is 10.0 Å². The van der Waals surface area contributed by atoms with Crippen LogP contribution in [0.5, 0.6) is 0 Å². The van der Waals surface area contributed by atoms with Gasteiger partial charge in [-0.2, -0.15) is 13.2 Å². The van der Waals surface area contributed by atoms with E-state index in [0.29, 0.717) is 21.3 Å². The first-order chi connectivity index (χ1) is 15.1. The lowest BCUT2D eigenvalue weighted by molar-refractivity contribution is -0.275. The molecule has 3 rings (SSSR count). The Morgan fingerprint density at radius 2 is 1.97 bits per heavy atom. The Morgan fingerprint density at radius 3 is 2.56 bits per heavy atom. The molecule has 5 nitrogen and oxygen atoms in total. The van der Waals surface area contributed by atoms with E-state index in [1.165, 1.54) is 18.3 Å². The van der Waals surface area contributed by atoms with Crippen LogP contribution in [0.25, 0.3) is 0 Å². The summed E-state index contributed by atoms with van der Waals surface area (Å²) in [6.45, 7) is 2.16. The molecule has 0 N–H and O–H groups in total. The van der Waals surface area contributed by atoms with Crippen molar-refractivity contribution in [3.05, 3.63) is 66.7 Å². The average Bonchev–Trinajstić information content (AvgIpc) is 3.17. The fourth-order valence-electron chi connectivity index (χ4n) is 3.12. The molecule has 0 saturated carbocycles. The Bertz CT molecular complexity index is 1070. The molecule has 170 valence electrons. The van der Waals surface area contributed by atoms with Crippen LogP contribution in [0.15, 0.2) is 46.7 Å². The molecule has 0 aromatic heterocycles. The van der Waals surface area contributed by atoms with Gasteiger partial charge in [-0.3, -0.25) is 4.79 Å². The minimum atomic E-state index is -4.78. The molecule has 1 atom stereocenters. The first-order valence-electron chi connectivity index (χ1n) is 9.32. The Morgan fingerprint density at radius 1 is 1.28 bits per heavy atom. The third-order valence-corrected chi connectivity index (χ3v) is 6.00. The van der Waals surface area contributed by atoms with Gasteiger partial charge in [0, 0.05) is 43.1 Å². The van der Waals surface area contributed by atoms with Gasteiger partial charge in [0.05, 0.1) is 11.9 Å². The number of Topliss-reactive ketones (excluding diaryl/α,β-unsaturated/α-hetero) is 1. The quantitative estimate of drug-likeness (QED) is 0.153. The molecule has 11 heteroatoms. The van der Waals surface area contributed by atoms with Crippen LogP contribution >= 0.6 is 45.8 Å². The van der Waals surface area contributed by atoms with E-state index in [-0.39, 0.29) is 33.5 Å². The zero-order valence-corrected chi connectivity index (χ0v) is 20.2. The minimum Gasteiger partial charge on any atom is -0.396 e. The molecule has 2 aromatic carbocycles. The molecule has 0 saturated heterocycles. The number of hydrogen-bond acceptors (Lipinski definition) is 5. The molecule has 0 bridgehead atoms. The van der Waals surface area contributed by atoms with Crippen molar-refractivity contribution in [1.82, 2.24) is 0 Å². The van der Waals surface area contributed by atoms with Crippen molar-refractivity contribution < 1.29 is 27.6 Å². The number of ketones is 1. The van der Waals surface area contributed by atoms with Crippen LogP contribution in [0, 0.1) is 3.57 Å². The predicted octanol–water partition coefficient (Wildman–Crippen LogP) is 6.78. The second-order valence-corrected chi connectivity index (χ2v) is 8.85. The van der Waals surface area contributed by atoms with E-state index in [1.807, 2.05) is 22.6 Å². The van der Waals surface area contributed by atoms with Crippen LogP contribution in [0.4, 0.5) is 13.2 Å². The number of carbonyl (C=O) groups is 1. The SMILES string of the molecule is CCON=CCC(=O)c1ccc(C2=NOC(c3cc(Cl)cc(Cl)c3)(C(F)(F)F)C2)cc1I. The third kappa shape index (κ3) is 5.20. The lowest BCUT2D eigenvalue weighted by atomic mass is 9.86. The van der Waals surface area contributed by atoms with Gasteiger partial charge in [0.1, 0.15) is 6.61 Å². The molecule has 0 amide bonds. The van der Waals surface area contributed by atoms with Crippen molar-refractivity contribution in [2.45, 2.75) is 31.5 Å². The van der Waals surface area contributed by atoms with Crippen molar-refractivity contribution >= 4 is 63.5 Å². The summed E-state index contributed by atoms with van der Waals surface area (Å²) in [5.74, 6) is -0.202. The highest BCUT2D eigenvalue weighted by Crippen LogP contribution is 2.49. The van der Waals surface area contributed by atoms with Gasteiger partial charge < -0.3 is 9.68 Å². The highest BCUT2D eigenvalue weighted by Gasteiger charge is 2.62. The fraction of sp³-hybridized carbons (Fsp3) is 0.286. The van der Waals surface area contributed by atoms with Gasteiger partial charge in [-0.25, -0.2) is 0 Å². The summed E-state index contributed by atoms with van der Waals surface area (Å²) in [5, 5.41) is 7.48. The number of halogens is 6. The van der Waals surface area contributed by atoms with Gasteiger partial charge in [-0.1, -0.05) is 39.6 Å². The van der Waals surface area contributed by atoms with Crippen molar-refractivity contribution in [3.63, 3.8) is 0 Å². The van der Waals surface area contributed by atoms with Crippen LogP contribution in [0.3, 0.4) is 0 Å². The summed E-state index contributed by atoms with van der Waals surface area (Å²) in [7, 11) is 0. The monoisotopic (exact) mass is 598 g/mol. The van der Waals surface area contributed by atoms with Gasteiger partial charge in [-0.15, -0.1) is 0 Å². The topological polar surface area (TPSA) is 60.2 Å². The Hall–Kier alpha value is -1.85. The summed E-state index contributed by atoms with van der Waals surface area (Å²) in [6, 6.07) is 8.33. The molecular formula is C21H16Cl2F3IN2O3. The molecular weight excluding hydrogens is 583 g/mol. The number of nitrogens with zero attached hydrogens (tertiary/aromatic N) is 2. The maximum atomic E-state index is 14.1. The van der Waals surface area contributed by atoms with Crippen molar-refractivity contribution in [1.29, 1.82) is 0 Å². The fourth-order valence-corrected chi connectivity index (χ4v) is 4.47. The number of carbonyl (C=O) groups excluding carboxylic acids is 1. The van der Waals surface area contributed by atoms with Gasteiger partial charge in [-0.05, 0) is 59.8 Å². The van der Waals surface area contributed by atoms with Gasteiger partial charge in [0.25, 0.3) is 5.60 Å². The first kappa shape index (κ1) is 24.8. The van der Waals surface area contributed by atoms with Gasteiger partial charge in [0.15, 0.2) is 5.78 Å². The maximum Gasteiger partial charge on any atom is 0.435 e. The number of oxime groups is 2. The normalized spacial score (nSPS) is 18.5. The number of rotatable bonds is 7. The molecule has 1 aliphatic rings. The van der Waals surface area contributed by atoms with Crippen molar-refractivity contribution in [2.24, 2.45) is 10.3 Å². The smallest absolute Gasteiger partial charge is 0.396 e. The van der Waals surface area contributed by atoms with Crippen LogP contribution in [-0.2, 0) is 15.3 Å². The molecule has 1 heterocycles. The minimum absolute atomic E-state index is 0.0338. The summed E-state index contributed by atoms with van der Waals surface area (Å²) in [6.07, 6.45) is -3.96. The van der Waals surface area contributed by atoms with Crippen molar-refractivity contribution in [2.75, 3.05) is 6.61 Å². The molecule has 1 aliphatic heterocycles. The van der Waals surface area contributed by atoms with E-state index in [4.69, 9.17) is 32.9 Å². The molecule has 0 aliphatic carbocycles. The lowest BCUT2D eigenvalue weighted by Crippen LogP contribution is -2.42. The molecule has 2 aromatic rings. The Kier molecular flexibility index (Phi) is 7.72. The number of benzene rings is 2. The van der Waals surface area contributed by atoms with Crippen LogP contribution < -0.4 is 0 Å². The van der Waals surface area contributed by atoms with E-state index in [1.54, 1.807) is 19.1 Å². The first-order valence-corrected chi connectivity index (χ1v) is 11.2. The van der Waals surface area contributed by atoms with E-state index in [2.05, 4.69) is 10.3 Å². The predicted molar refractivity (Wildman–Crippen MR) is 125 cm³/mol. The molecule has 0 fully saturated rings. The second kappa shape index (κ2) is 9.96. The Labute approximate surface area is 205 Å². The Balaban J connectivity index is 1.87. The summed E-state index contributed by atoms with van der Waals surface area (Å²) < 4.78 is 42.9. The van der Waals surface area contributed by atoms with E-state index in [9.17, 15) is 18.0 Å². The zero-order valence-electron chi connectivity index (χ0n) is 16.5. The lowest BCUT2D eigenvalue weighted by Gasteiger charge is -2.29. The molecule has 1 unspecified atom stereocenters. The highest BCUT2D eigenvalue weighted by molar-refractivity contribution is 14.1. The average molecular weight is 599 g/mol. The van der Waals surface area contributed by atoms with E-state index in [0.717, 1.165) is 12.1 Å². The summed E-state index contributed by atoms with van der Waals surface area (Å²) >= 11 is 13.8. The maximum absolute atomic E-state index is 14.1. The van der Waals surface area contributed by atoms with Gasteiger partial charge >= 0.3 is 6.18 Å². The molecule has 0 spiro atoms. The van der Waals surface area contributed by atoms with Crippen LogP contribution in [0.1, 0.15) is 41.3 Å². The largest absolute Gasteiger partial charge is 0.435 e. The van der Waals surface area contributed by atoms with E-state index >= 15 is 0 Å². The van der Waals surface area contributed by atoms with Crippen molar-refractivity contribution in [3.8, 4) is 0 Å². The third-order valence-electron chi connectivity index (χ3n) is 4.67. The van der Waals surface area contributed by atoms with E-state index < -0.39 is 18.2 Å². The summed E-state index contributed by atoms with van der Waals surface area (Å²) in [5.41, 5.74) is -2.04. The number of hydrogen-bond donors (Lipinski definition) is 0.